The van der Waals surface area contributed by atoms with Gasteiger partial charge in [0.2, 0.25) is 0 Å². The molecule has 1 saturated heterocycles. The van der Waals surface area contributed by atoms with Gasteiger partial charge >= 0.3 is 17.4 Å². The molecule has 0 aromatic heterocycles. The smallest absolute Gasteiger partial charge is 0.688 e. The Bertz CT molecular complexity index is 559. The van der Waals surface area contributed by atoms with Crippen LogP contribution in [0.1, 0.15) is 33.1 Å². The molecule has 2 aliphatic rings. The average molecular weight is 456 g/mol. The molecule has 3 atom stereocenters. The van der Waals surface area contributed by atoms with Gasteiger partial charge in [-0.2, -0.15) is 25.1 Å². The molecule has 1 heterocycles. The standard InChI is InChI=1S/C18H31N2Si2.C4H8O.Cr/c1-14-13-17(21(4,5)19-3)15(2)18(14)22(6,7)20-16-11-9-8-10-12-16;1-2-4-5-3-1;/h8-12,14,17-18H,13H2,1-7H3;1-4H2;/q-3;;+3. The average Bonchev–Trinajstić information content (AvgIpc) is 3.27. The van der Waals surface area contributed by atoms with Crippen LogP contribution < -0.4 is 0 Å². The predicted molar refractivity (Wildman–Crippen MR) is 124 cm³/mol. The fraction of sp³-hybridized carbons (Fsp3) is 0.682. The van der Waals surface area contributed by atoms with Gasteiger partial charge in [0.05, 0.1) is 0 Å². The zero-order valence-corrected chi connectivity index (χ0v) is 22.1. The first kappa shape index (κ1) is 25.9. The number of nitrogens with zero attached hydrogens (tertiary/aromatic N) is 2. The van der Waals surface area contributed by atoms with E-state index in [1.54, 1.807) is 5.92 Å². The molecule has 2 fully saturated rings. The van der Waals surface area contributed by atoms with E-state index in [1.165, 1.54) is 19.3 Å². The Morgan fingerprint density at radius 3 is 2.04 bits per heavy atom. The van der Waals surface area contributed by atoms with Crippen molar-refractivity contribution in [2.24, 2.45) is 5.92 Å². The van der Waals surface area contributed by atoms with Gasteiger partial charge in [0.1, 0.15) is 0 Å². The summed E-state index contributed by atoms with van der Waals surface area (Å²) in [5, 5.41) is 0. The van der Waals surface area contributed by atoms with Crippen LogP contribution in [0.25, 0.3) is 9.96 Å². The van der Waals surface area contributed by atoms with Crippen LogP contribution >= 0.6 is 0 Å². The van der Waals surface area contributed by atoms with Crippen molar-refractivity contribution in [3.8, 4) is 0 Å². The Kier molecular flexibility index (Phi) is 10.5. The third kappa shape index (κ3) is 6.72. The van der Waals surface area contributed by atoms with E-state index in [2.05, 4.69) is 70.4 Å². The van der Waals surface area contributed by atoms with Crippen LogP contribution in [0, 0.1) is 11.8 Å². The molecule has 0 spiro atoms. The van der Waals surface area contributed by atoms with Crippen LogP contribution in [0.3, 0.4) is 0 Å². The molecule has 1 aliphatic carbocycles. The molecule has 1 aliphatic heterocycles. The molecule has 3 unspecified atom stereocenters. The monoisotopic (exact) mass is 455 g/mol. The quantitative estimate of drug-likeness (QED) is 0.340. The van der Waals surface area contributed by atoms with Crippen LogP contribution in [0.5, 0.6) is 0 Å². The van der Waals surface area contributed by atoms with E-state index >= 15 is 0 Å². The topological polar surface area (TPSA) is 37.4 Å². The van der Waals surface area contributed by atoms with Gasteiger partial charge < -0.3 is 20.6 Å². The van der Waals surface area contributed by atoms with Crippen molar-refractivity contribution in [1.29, 1.82) is 0 Å². The molecular formula is C22H39CrN2OSi2. The zero-order chi connectivity index (χ0) is 20.1. The van der Waals surface area contributed by atoms with Crippen molar-refractivity contribution in [1.82, 2.24) is 0 Å². The van der Waals surface area contributed by atoms with Crippen LogP contribution in [-0.4, -0.2) is 36.7 Å². The summed E-state index contributed by atoms with van der Waals surface area (Å²) in [6.07, 6.45) is 3.87. The molecule has 3 rings (SSSR count). The maximum absolute atomic E-state index is 5.22. The minimum Gasteiger partial charge on any atom is -0.688 e. The van der Waals surface area contributed by atoms with Gasteiger partial charge in [-0.25, -0.2) is 0 Å². The molecule has 28 heavy (non-hydrogen) atoms. The van der Waals surface area contributed by atoms with E-state index in [1.807, 2.05) is 7.05 Å². The van der Waals surface area contributed by atoms with Gasteiger partial charge in [0.25, 0.3) is 0 Å². The molecule has 6 heteroatoms. The summed E-state index contributed by atoms with van der Waals surface area (Å²) in [4.78, 5) is 10.0. The zero-order valence-electron chi connectivity index (χ0n) is 18.9. The summed E-state index contributed by atoms with van der Waals surface area (Å²) >= 11 is 0. The maximum Gasteiger partial charge on any atom is 3.00 e. The first-order valence-corrected chi connectivity index (χ1v) is 16.5. The van der Waals surface area contributed by atoms with Crippen LogP contribution in [-0.2, 0) is 22.1 Å². The summed E-state index contributed by atoms with van der Waals surface area (Å²) in [7, 11) is -1.17. The van der Waals surface area contributed by atoms with Gasteiger partial charge in [-0.05, 0) is 12.8 Å². The van der Waals surface area contributed by atoms with E-state index in [0.717, 1.165) is 30.4 Å². The van der Waals surface area contributed by atoms with Crippen LogP contribution in [0.4, 0.5) is 5.69 Å². The number of rotatable bonds is 5. The van der Waals surface area contributed by atoms with Crippen molar-refractivity contribution >= 4 is 22.2 Å². The molecular weight excluding hydrogens is 416 g/mol. The Morgan fingerprint density at radius 1 is 1.00 bits per heavy atom. The van der Waals surface area contributed by atoms with Crippen molar-refractivity contribution in [3.63, 3.8) is 0 Å². The second-order valence-corrected chi connectivity index (χ2v) is 17.9. The molecule has 0 N–H and O–H groups in total. The molecule has 1 aromatic rings. The van der Waals surface area contributed by atoms with E-state index in [-0.39, 0.29) is 17.4 Å². The summed E-state index contributed by atoms with van der Waals surface area (Å²) in [6.45, 7) is 16.5. The predicted octanol–water partition coefficient (Wildman–Crippen LogP) is 7.27. The minimum atomic E-state index is -1.70. The van der Waals surface area contributed by atoms with E-state index in [9.17, 15) is 0 Å². The number of hydrogen-bond acceptors (Lipinski definition) is 1. The Labute approximate surface area is 186 Å². The SMILES string of the molecule is C1CCOC1.C[N-][Si](C)(C)C1CC(C)C([Si](C)(C)[N-]c2ccccc2)[C-]1C.[Cr+3]. The first-order valence-electron chi connectivity index (χ1n) is 10.5. The van der Waals surface area contributed by atoms with Crippen molar-refractivity contribution < 1.29 is 22.1 Å². The Hall–Kier alpha value is -0.0938. The van der Waals surface area contributed by atoms with Crippen LogP contribution in [0.15, 0.2) is 30.3 Å². The Morgan fingerprint density at radius 2 is 1.57 bits per heavy atom. The van der Waals surface area contributed by atoms with Crippen molar-refractivity contribution in [2.75, 3.05) is 20.3 Å². The fourth-order valence-electron chi connectivity index (χ4n) is 5.03. The second-order valence-electron chi connectivity index (χ2n) is 9.29. The molecule has 0 amide bonds. The van der Waals surface area contributed by atoms with E-state index in [4.69, 9.17) is 14.7 Å². The van der Waals surface area contributed by atoms with Gasteiger partial charge in [0, 0.05) is 13.2 Å². The van der Waals surface area contributed by atoms with Crippen molar-refractivity contribution in [3.05, 3.63) is 46.2 Å². The summed E-state index contributed by atoms with van der Waals surface area (Å²) in [6, 6.07) is 10.5. The summed E-state index contributed by atoms with van der Waals surface area (Å²) in [5.74, 6) is 2.44. The summed E-state index contributed by atoms with van der Waals surface area (Å²) in [5.41, 5.74) is 2.57. The third-order valence-electron chi connectivity index (χ3n) is 6.41. The van der Waals surface area contributed by atoms with E-state index < -0.39 is 16.5 Å². The molecule has 0 bridgehead atoms. The van der Waals surface area contributed by atoms with Crippen molar-refractivity contribution in [2.45, 2.75) is 70.4 Å². The molecule has 1 saturated carbocycles. The van der Waals surface area contributed by atoms with Gasteiger partial charge in [0.15, 0.2) is 0 Å². The summed E-state index contributed by atoms with van der Waals surface area (Å²) < 4.78 is 4.94. The molecule has 1 aromatic carbocycles. The molecule has 3 nitrogen and oxygen atoms in total. The third-order valence-corrected chi connectivity index (χ3v) is 13.3. The molecule has 157 valence electrons. The van der Waals surface area contributed by atoms with E-state index in [0.29, 0.717) is 5.54 Å². The normalized spacial score (nSPS) is 25.6. The largest absolute Gasteiger partial charge is 3.00 e. The minimum absolute atomic E-state index is 0. The fourth-order valence-corrected chi connectivity index (χ4v) is 11.5. The van der Waals surface area contributed by atoms with Gasteiger partial charge in [-0.15, -0.1) is 5.69 Å². The van der Waals surface area contributed by atoms with Crippen LogP contribution in [0.2, 0.25) is 37.3 Å². The maximum atomic E-state index is 5.22. The number of hydrogen-bond donors (Lipinski definition) is 0. The van der Waals surface area contributed by atoms with Gasteiger partial charge in [-0.3, -0.25) is 0 Å². The first-order chi connectivity index (χ1) is 12.7. The van der Waals surface area contributed by atoms with Gasteiger partial charge in [-0.1, -0.05) is 92.3 Å². The number of benzene rings is 1. The Balaban J connectivity index is 0.000000567. The second kappa shape index (κ2) is 11.3. The molecule has 1 radical (unpaired) electrons. The number of ether oxygens (including phenoxy) is 1.